The van der Waals surface area contributed by atoms with E-state index in [1.165, 1.54) is 23.5 Å². The van der Waals surface area contributed by atoms with Crippen LogP contribution in [0.4, 0.5) is 5.13 Å². The highest BCUT2D eigenvalue weighted by Gasteiger charge is 2.17. The van der Waals surface area contributed by atoms with E-state index in [-0.39, 0.29) is 15.8 Å². The monoisotopic (exact) mass is 395 g/mol. The Labute approximate surface area is 159 Å². The number of hydrogen-bond acceptors (Lipinski definition) is 6. The van der Waals surface area contributed by atoms with Crippen LogP contribution in [0.15, 0.2) is 29.2 Å². The number of hydrogen-bond donors (Lipinski definition) is 1. The zero-order chi connectivity index (χ0) is 19.0. The second-order valence-corrected chi connectivity index (χ2v) is 8.87. The van der Waals surface area contributed by atoms with Crippen LogP contribution in [0.25, 0.3) is 0 Å². The standard InChI is InChI=1S/C18H25N3O3S2/c1-3-5-6-7-8-15(22)13-14-9-11-16(12-10-14)26(23,24)21-18-20-19-17(4-2)25-18/h9-12H,3-8,13H2,1-2H3,(H,20,21). The lowest BCUT2D eigenvalue weighted by atomic mass is 10.0. The Morgan fingerprint density at radius 1 is 1.08 bits per heavy atom. The minimum absolute atomic E-state index is 0.143. The van der Waals surface area contributed by atoms with Crippen molar-refractivity contribution in [2.45, 2.75) is 63.7 Å². The predicted molar refractivity (Wildman–Crippen MR) is 104 cm³/mol. The summed E-state index contributed by atoms with van der Waals surface area (Å²) in [6.07, 6.45) is 5.94. The zero-order valence-electron chi connectivity index (χ0n) is 15.2. The summed E-state index contributed by atoms with van der Waals surface area (Å²) in [5.41, 5.74) is 0.827. The maximum Gasteiger partial charge on any atom is 0.263 e. The molecule has 0 aliphatic carbocycles. The molecule has 0 atom stereocenters. The molecule has 1 heterocycles. The van der Waals surface area contributed by atoms with Gasteiger partial charge < -0.3 is 0 Å². The van der Waals surface area contributed by atoms with Crippen molar-refractivity contribution >= 4 is 32.3 Å². The predicted octanol–water partition coefficient (Wildman–Crippen LogP) is 3.98. The maximum absolute atomic E-state index is 12.4. The van der Waals surface area contributed by atoms with Crippen LogP contribution in [-0.2, 0) is 27.7 Å². The second kappa shape index (κ2) is 9.78. The Morgan fingerprint density at radius 3 is 2.42 bits per heavy atom. The van der Waals surface area contributed by atoms with Gasteiger partial charge in [0.25, 0.3) is 10.0 Å². The Bertz CT molecular complexity index is 814. The quantitative estimate of drug-likeness (QED) is 0.581. The summed E-state index contributed by atoms with van der Waals surface area (Å²) in [6, 6.07) is 6.42. The van der Waals surface area contributed by atoms with Gasteiger partial charge in [-0.1, -0.05) is 56.6 Å². The van der Waals surface area contributed by atoms with Crippen LogP contribution in [0.3, 0.4) is 0 Å². The number of benzene rings is 1. The highest BCUT2D eigenvalue weighted by Crippen LogP contribution is 2.20. The van der Waals surface area contributed by atoms with Gasteiger partial charge in [0.1, 0.15) is 10.8 Å². The molecule has 0 unspecified atom stereocenters. The zero-order valence-corrected chi connectivity index (χ0v) is 16.8. The van der Waals surface area contributed by atoms with E-state index in [9.17, 15) is 13.2 Å². The molecule has 142 valence electrons. The Morgan fingerprint density at radius 2 is 1.81 bits per heavy atom. The molecule has 0 aliphatic rings. The third-order valence-corrected chi connectivity index (χ3v) is 6.40. The summed E-state index contributed by atoms with van der Waals surface area (Å²) in [4.78, 5) is 12.1. The Kier molecular flexibility index (Phi) is 7.71. The first-order valence-electron chi connectivity index (χ1n) is 8.90. The largest absolute Gasteiger partial charge is 0.299 e. The van der Waals surface area contributed by atoms with E-state index in [2.05, 4.69) is 21.8 Å². The van der Waals surface area contributed by atoms with E-state index in [4.69, 9.17) is 0 Å². The number of anilines is 1. The molecule has 1 aromatic carbocycles. The maximum atomic E-state index is 12.4. The molecule has 26 heavy (non-hydrogen) atoms. The van der Waals surface area contributed by atoms with Crippen LogP contribution < -0.4 is 4.72 Å². The number of nitrogens with one attached hydrogen (secondary N) is 1. The van der Waals surface area contributed by atoms with E-state index < -0.39 is 10.0 Å². The number of sulfonamides is 1. The average molecular weight is 396 g/mol. The van der Waals surface area contributed by atoms with E-state index in [0.717, 1.165) is 36.3 Å². The fourth-order valence-corrected chi connectivity index (χ4v) is 4.37. The van der Waals surface area contributed by atoms with Crippen LogP contribution in [-0.4, -0.2) is 24.4 Å². The lowest BCUT2D eigenvalue weighted by molar-refractivity contribution is -0.118. The minimum Gasteiger partial charge on any atom is -0.299 e. The number of nitrogens with zero attached hydrogens (tertiary/aromatic N) is 2. The first kappa shape index (κ1) is 20.5. The number of aromatic nitrogens is 2. The molecule has 0 saturated heterocycles. The normalized spacial score (nSPS) is 11.5. The number of Topliss-reactive ketones (excluding diaryl/α,β-unsaturated/α-hetero) is 1. The summed E-state index contributed by atoms with van der Waals surface area (Å²) < 4.78 is 27.2. The molecule has 0 fully saturated rings. The van der Waals surface area contributed by atoms with Gasteiger partial charge in [0.15, 0.2) is 0 Å². The molecule has 2 rings (SSSR count). The van der Waals surface area contributed by atoms with Crippen LogP contribution >= 0.6 is 11.3 Å². The molecule has 6 nitrogen and oxygen atoms in total. The van der Waals surface area contributed by atoms with Crippen molar-refractivity contribution in [1.82, 2.24) is 10.2 Å². The van der Waals surface area contributed by atoms with Gasteiger partial charge in [-0.05, 0) is 30.5 Å². The van der Waals surface area contributed by atoms with E-state index in [1.807, 2.05) is 6.92 Å². The van der Waals surface area contributed by atoms with E-state index in [0.29, 0.717) is 19.3 Å². The molecular formula is C18H25N3O3S2. The first-order valence-corrected chi connectivity index (χ1v) is 11.2. The van der Waals surface area contributed by atoms with Crippen molar-refractivity contribution in [3.05, 3.63) is 34.8 Å². The summed E-state index contributed by atoms with van der Waals surface area (Å²) in [6.45, 7) is 4.07. The van der Waals surface area contributed by atoms with Gasteiger partial charge in [-0.15, -0.1) is 10.2 Å². The third kappa shape index (κ3) is 6.17. The second-order valence-electron chi connectivity index (χ2n) is 6.13. The van der Waals surface area contributed by atoms with E-state index >= 15 is 0 Å². The molecule has 0 aliphatic heterocycles. The van der Waals surface area contributed by atoms with Crippen LogP contribution in [0, 0.1) is 0 Å². The number of aryl methyl sites for hydroxylation is 1. The minimum atomic E-state index is -3.70. The molecule has 1 N–H and O–H groups in total. The highest BCUT2D eigenvalue weighted by molar-refractivity contribution is 7.93. The molecule has 8 heteroatoms. The third-order valence-electron chi connectivity index (χ3n) is 3.94. The van der Waals surface area contributed by atoms with Crippen LogP contribution in [0.2, 0.25) is 0 Å². The molecule has 2 aromatic rings. The number of carbonyl (C=O) groups excluding carboxylic acids is 1. The Balaban J connectivity index is 1.94. The fraction of sp³-hybridized carbons (Fsp3) is 0.500. The average Bonchev–Trinajstić information content (AvgIpc) is 3.06. The molecule has 1 aromatic heterocycles. The summed E-state index contributed by atoms with van der Waals surface area (Å²) >= 11 is 1.22. The number of rotatable bonds is 11. The molecule has 0 saturated carbocycles. The lowest BCUT2D eigenvalue weighted by Crippen LogP contribution is -2.13. The first-order chi connectivity index (χ1) is 12.4. The Hall–Kier alpha value is -1.80. The fourth-order valence-electron chi connectivity index (χ4n) is 2.46. The SMILES string of the molecule is CCCCCCC(=O)Cc1ccc(S(=O)(=O)Nc2nnc(CC)s2)cc1. The van der Waals surface area contributed by atoms with Gasteiger partial charge in [-0.2, -0.15) is 0 Å². The van der Waals surface area contributed by atoms with E-state index in [1.54, 1.807) is 12.1 Å². The molecule has 0 bridgehead atoms. The van der Waals surface area contributed by atoms with Crippen molar-refractivity contribution in [2.75, 3.05) is 4.72 Å². The van der Waals surface area contributed by atoms with Gasteiger partial charge in [0, 0.05) is 12.8 Å². The van der Waals surface area contributed by atoms with Crippen molar-refractivity contribution in [1.29, 1.82) is 0 Å². The van der Waals surface area contributed by atoms with Crippen molar-refractivity contribution in [3.63, 3.8) is 0 Å². The number of carbonyl (C=O) groups is 1. The van der Waals surface area contributed by atoms with Gasteiger partial charge >= 0.3 is 0 Å². The summed E-state index contributed by atoms with van der Waals surface area (Å²) in [7, 11) is -3.70. The van der Waals surface area contributed by atoms with Gasteiger partial charge in [-0.3, -0.25) is 9.52 Å². The smallest absolute Gasteiger partial charge is 0.263 e. The molecule has 0 radical (unpaired) electrons. The summed E-state index contributed by atoms with van der Waals surface area (Å²) in [5.74, 6) is 0.191. The van der Waals surface area contributed by atoms with Crippen LogP contribution in [0.1, 0.15) is 56.5 Å². The van der Waals surface area contributed by atoms with Crippen molar-refractivity contribution in [2.24, 2.45) is 0 Å². The summed E-state index contributed by atoms with van der Waals surface area (Å²) in [5, 5.41) is 8.76. The molecular weight excluding hydrogens is 370 g/mol. The van der Waals surface area contributed by atoms with Gasteiger partial charge in [0.05, 0.1) is 4.90 Å². The van der Waals surface area contributed by atoms with Crippen molar-refractivity contribution in [3.8, 4) is 0 Å². The topological polar surface area (TPSA) is 89.0 Å². The van der Waals surface area contributed by atoms with Crippen molar-refractivity contribution < 1.29 is 13.2 Å². The molecule has 0 amide bonds. The number of ketones is 1. The lowest BCUT2D eigenvalue weighted by Gasteiger charge is -2.06. The molecule has 0 spiro atoms. The number of unbranched alkanes of at least 4 members (excludes halogenated alkanes) is 3. The highest BCUT2D eigenvalue weighted by atomic mass is 32.2. The van der Waals surface area contributed by atoms with Gasteiger partial charge in [-0.25, -0.2) is 8.42 Å². The van der Waals surface area contributed by atoms with Crippen LogP contribution in [0.5, 0.6) is 0 Å². The van der Waals surface area contributed by atoms with Gasteiger partial charge in [0.2, 0.25) is 5.13 Å².